The van der Waals surface area contributed by atoms with Gasteiger partial charge in [-0.1, -0.05) is 42.0 Å². The highest BCUT2D eigenvalue weighted by molar-refractivity contribution is 6.12. The second kappa shape index (κ2) is 4.42. The van der Waals surface area contributed by atoms with E-state index in [2.05, 4.69) is 0 Å². The van der Waals surface area contributed by atoms with E-state index >= 15 is 0 Å². The van der Waals surface area contributed by atoms with E-state index in [9.17, 15) is 4.79 Å². The third-order valence-electron chi connectivity index (χ3n) is 2.88. The van der Waals surface area contributed by atoms with Crippen molar-refractivity contribution in [1.29, 1.82) is 0 Å². The van der Waals surface area contributed by atoms with E-state index in [1.165, 1.54) is 0 Å². The number of ketones is 1. The average Bonchev–Trinajstić information content (AvgIpc) is 2.33. The minimum atomic E-state index is -0.0220. The molecule has 0 aliphatic carbocycles. The van der Waals surface area contributed by atoms with Crippen LogP contribution in [0.1, 0.15) is 27.0 Å². The van der Waals surface area contributed by atoms with Crippen LogP contribution in [0.5, 0.6) is 0 Å². The zero-order valence-electron chi connectivity index (χ0n) is 10.0. The van der Waals surface area contributed by atoms with Gasteiger partial charge in [0.05, 0.1) is 0 Å². The quantitative estimate of drug-likeness (QED) is 0.630. The summed E-state index contributed by atoms with van der Waals surface area (Å²) in [6.45, 7) is 3.90. The van der Waals surface area contributed by atoms with Crippen LogP contribution in [0.25, 0.3) is 0 Å². The monoisotopic (exact) mass is 225 g/mol. The van der Waals surface area contributed by atoms with Crippen molar-refractivity contribution in [2.24, 2.45) is 0 Å². The average molecular weight is 225 g/mol. The molecule has 0 atom stereocenters. The fraction of sp³-hybridized carbons (Fsp3) is 0.133. The summed E-state index contributed by atoms with van der Waals surface area (Å²) < 4.78 is 0. The van der Waals surface area contributed by atoms with Crippen LogP contribution in [0.15, 0.2) is 42.5 Å². The molecule has 2 aromatic rings. The summed E-state index contributed by atoms with van der Waals surface area (Å²) in [5, 5.41) is 0. The van der Waals surface area contributed by atoms with Crippen molar-refractivity contribution in [2.45, 2.75) is 13.8 Å². The van der Waals surface area contributed by atoms with Crippen molar-refractivity contribution in [3.8, 4) is 0 Å². The molecule has 0 saturated heterocycles. The molecule has 0 unspecified atom stereocenters. The minimum Gasteiger partial charge on any atom is -0.398 e. The molecule has 2 aromatic carbocycles. The molecule has 0 aromatic heterocycles. The summed E-state index contributed by atoms with van der Waals surface area (Å²) in [5.74, 6) is -0.0220. The molecule has 0 radical (unpaired) electrons. The van der Waals surface area contributed by atoms with Gasteiger partial charge in [-0.25, -0.2) is 0 Å². The topological polar surface area (TPSA) is 43.1 Å². The molecule has 0 saturated carbocycles. The summed E-state index contributed by atoms with van der Waals surface area (Å²) in [7, 11) is 0. The van der Waals surface area contributed by atoms with E-state index in [4.69, 9.17) is 5.73 Å². The maximum Gasteiger partial charge on any atom is 0.195 e. The van der Waals surface area contributed by atoms with Crippen LogP contribution in [0.2, 0.25) is 0 Å². The summed E-state index contributed by atoms with van der Waals surface area (Å²) >= 11 is 0. The van der Waals surface area contributed by atoms with Crippen LogP contribution in [-0.2, 0) is 0 Å². The number of anilines is 1. The number of rotatable bonds is 2. The molecule has 17 heavy (non-hydrogen) atoms. The molecule has 0 amide bonds. The largest absolute Gasteiger partial charge is 0.398 e. The second-order valence-electron chi connectivity index (χ2n) is 4.23. The van der Waals surface area contributed by atoms with Crippen molar-refractivity contribution in [2.75, 3.05) is 5.73 Å². The standard InChI is InChI=1S/C15H15NO/c1-10-6-8-12(9-7-10)15(17)13-5-3-4-11(2)14(13)16/h3-9H,16H2,1-2H3. The molecule has 0 bridgehead atoms. The molecular weight excluding hydrogens is 210 g/mol. The summed E-state index contributed by atoms with van der Waals surface area (Å²) in [4.78, 5) is 12.3. The summed E-state index contributed by atoms with van der Waals surface area (Å²) in [6, 6.07) is 13.1. The predicted octanol–water partition coefficient (Wildman–Crippen LogP) is 3.12. The number of hydrogen-bond donors (Lipinski definition) is 1. The molecule has 2 heteroatoms. The van der Waals surface area contributed by atoms with E-state index in [0.29, 0.717) is 16.8 Å². The second-order valence-corrected chi connectivity index (χ2v) is 4.23. The van der Waals surface area contributed by atoms with Gasteiger partial charge in [-0.3, -0.25) is 4.79 Å². The first-order valence-corrected chi connectivity index (χ1v) is 5.56. The first-order chi connectivity index (χ1) is 8.09. The SMILES string of the molecule is Cc1ccc(C(=O)c2cccc(C)c2N)cc1. The van der Waals surface area contributed by atoms with E-state index in [-0.39, 0.29) is 5.78 Å². The number of aryl methyl sites for hydroxylation is 2. The lowest BCUT2D eigenvalue weighted by atomic mass is 9.99. The van der Waals surface area contributed by atoms with E-state index < -0.39 is 0 Å². The van der Waals surface area contributed by atoms with Crippen molar-refractivity contribution < 1.29 is 4.79 Å². The van der Waals surface area contributed by atoms with Gasteiger partial charge >= 0.3 is 0 Å². The molecule has 0 heterocycles. The lowest BCUT2D eigenvalue weighted by Crippen LogP contribution is -2.06. The van der Waals surface area contributed by atoms with E-state index in [1.807, 2.05) is 50.2 Å². The van der Waals surface area contributed by atoms with Crippen molar-refractivity contribution in [3.63, 3.8) is 0 Å². The number of para-hydroxylation sites is 1. The molecule has 0 fully saturated rings. The molecule has 0 aliphatic heterocycles. The fourth-order valence-corrected chi connectivity index (χ4v) is 1.74. The van der Waals surface area contributed by atoms with Gasteiger partial charge in [0.25, 0.3) is 0 Å². The van der Waals surface area contributed by atoms with Crippen LogP contribution in [-0.4, -0.2) is 5.78 Å². The Morgan fingerprint density at radius 1 is 1.00 bits per heavy atom. The maximum atomic E-state index is 12.3. The van der Waals surface area contributed by atoms with E-state index in [1.54, 1.807) is 6.07 Å². The first kappa shape index (κ1) is 11.4. The van der Waals surface area contributed by atoms with Crippen molar-refractivity contribution in [1.82, 2.24) is 0 Å². The predicted molar refractivity (Wildman–Crippen MR) is 70.2 cm³/mol. The number of benzene rings is 2. The van der Waals surface area contributed by atoms with Gasteiger partial charge in [0.1, 0.15) is 0 Å². The molecule has 0 spiro atoms. The Morgan fingerprint density at radius 2 is 1.65 bits per heavy atom. The highest BCUT2D eigenvalue weighted by Gasteiger charge is 2.12. The number of nitrogen functional groups attached to an aromatic ring is 1. The molecule has 2 N–H and O–H groups in total. The van der Waals surface area contributed by atoms with Gasteiger partial charge in [0.2, 0.25) is 0 Å². The van der Waals surface area contributed by atoms with Gasteiger partial charge in [-0.2, -0.15) is 0 Å². The zero-order valence-corrected chi connectivity index (χ0v) is 10.0. The van der Waals surface area contributed by atoms with E-state index in [0.717, 1.165) is 11.1 Å². The molecule has 86 valence electrons. The zero-order chi connectivity index (χ0) is 12.4. The maximum absolute atomic E-state index is 12.3. The van der Waals surface area contributed by atoms with Crippen LogP contribution in [0.3, 0.4) is 0 Å². The van der Waals surface area contributed by atoms with Gasteiger partial charge in [-0.15, -0.1) is 0 Å². The van der Waals surface area contributed by atoms with Crippen LogP contribution in [0.4, 0.5) is 5.69 Å². The lowest BCUT2D eigenvalue weighted by molar-refractivity contribution is 0.103. The van der Waals surface area contributed by atoms with Gasteiger partial charge in [0.15, 0.2) is 5.78 Å². The highest BCUT2D eigenvalue weighted by atomic mass is 16.1. The Morgan fingerprint density at radius 3 is 2.29 bits per heavy atom. The Bertz CT molecular complexity index is 556. The van der Waals surface area contributed by atoms with Crippen LogP contribution in [0, 0.1) is 13.8 Å². The third kappa shape index (κ3) is 2.21. The fourth-order valence-electron chi connectivity index (χ4n) is 1.74. The minimum absolute atomic E-state index is 0.0220. The van der Waals surface area contributed by atoms with Crippen molar-refractivity contribution >= 4 is 11.5 Å². The number of carbonyl (C=O) groups is 1. The normalized spacial score (nSPS) is 10.2. The smallest absolute Gasteiger partial charge is 0.195 e. The Balaban J connectivity index is 2.44. The third-order valence-corrected chi connectivity index (χ3v) is 2.88. The number of carbonyl (C=O) groups excluding carboxylic acids is 1. The van der Waals surface area contributed by atoms with Gasteiger partial charge in [0, 0.05) is 16.8 Å². The lowest BCUT2D eigenvalue weighted by Gasteiger charge is -2.07. The highest BCUT2D eigenvalue weighted by Crippen LogP contribution is 2.20. The number of nitrogens with two attached hydrogens (primary N) is 1. The van der Waals surface area contributed by atoms with Gasteiger partial charge < -0.3 is 5.73 Å². The van der Waals surface area contributed by atoms with Crippen LogP contribution < -0.4 is 5.73 Å². The first-order valence-electron chi connectivity index (χ1n) is 5.56. The molecular formula is C15H15NO. The molecule has 2 rings (SSSR count). The van der Waals surface area contributed by atoms with Crippen LogP contribution >= 0.6 is 0 Å². The Hall–Kier alpha value is -2.09. The Labute approximate surface area is 101 Å². The summed E-state index contributed by atoms with van der Waals surface area (Å²) in [6.07, 6.45) is 0. The Kier molecular flexibility index (Phi) is 2.96. The number of hydrogen-bond acceptors (Lipinski definition) is 2. The van der Waals surface area contributed by atoms with Crippen molar-refractivity contribution in [3.05, 3.63) is 64.7 Å². The molecule has 2 nitrogen and oxygen atoms in total. The molecule has 0 aliphatic rings. The summed E-state index contributed by atoms with van der Waals surface area (Å²) in [5.41, 5.74) is 9.82. The van der Waals surface area contributed by atoms with Gasteiger partial charge in [-0.05, 0) is 25.5 Å².